The summed E-state index contributed by atoms with van der Waals surface area (Å²) in [5, 5.41) is 0.497. The van der Waals surface area contributed by atoms with E-state index in [4.69, 9.17) is 15.3 Å². The molecule has 2 aliphatic heterocycles. The van der Waals surface area contributed by atoms with E-state index in [1.807, 2.05) is 0 Å². The van der Waals surface area contributed by atoms with Crippen LogP contribution in [0.5, 0.6) is 0 Å². The number of nitrogens with two attached hydrogens (primary N) is 1. The number of esters is 1. The molecule has 2 heterocycles. The quantitative estimate of drug-likeness (QED) is 0.379. The summed E-state index contributed by atoms with van der Waals surface area (Å²) in [7, 11) is 0. The highest BCUT2D eigenvalue weighted by Gasteiger charge is 2.35. The third kappa shape index (κ3) is 6.23. The van der Waals surface area contributed by atoms with Crippen LogP contribution in [0.2, 0.25) is 0 Å². The second kappa shape index (κ2) is 10.3. The van der Waals surface area contributed by atoms with Crippen molar-refractivity contribution < 1.29 is 33.5 Å². The van der Waals surface area contributed by atoms with Crippen molar-refractivity contribution in [1.29, 1.82) is 0 Å². The van der Waals surface area contributed by atoms with Gasteiger partial charge in [-0.15, -0.1) is 5.06 Å². The number of carbonyl (C=O) groups is 5. The van der Waals surface area contributed by atoms with E-state index in [-0.39, 0.29) is 63.3 Å². The Balaban J connectivity index is 1.99. The SMILES string of the molecule is CC(C)C(=O)OCC1CN(C(=O)CCN)CCN1CC(=O)ON1C(=O)CCC1=O. The monoisotopic (exact) mass is 412 g/mol. The summed E-state index contributed by atoms with van der Waals surface area (Å²) in [6.45, 7) is 4.42. The lowest BCUT2D eigenvalue weighted by molar-refractivity contribution is -0.199. The lowest BCUT2D eigenvalue weighted by Crippen LogP contribution is -2.58. The number of imide groups is 1. The molecule has 0 aromatic rings. The zero-order valence-corrected chi connectivity index (χ0v) is 16.8. The first kappa shape index (κ1) is 22.8. The maximum Gasteiger partial charge on any atom is 0.347 e. The fraction of sp³-hybridized carbons (Fsp3) is 0.722. The maximum absolute atomic E-state index is 12.3. The van der Waals surface area contributed by atoms with Crippen molar-refractivity contribution in [2.45, 2.75) is 39.2 Å². The van der Waals surface area contributed by atoms with Gasteiger partial charge in [0.1, 0.15) is 6.61 Å². The van der Waals surface area contributed by atoms with Gasteiger partial charge in [0, 0.05) is 45.4 Å². The fourth-order valence-electron chi connectivity index (χ4n) is 3.07. The van der Waals surface area contributed by atoms with Crippen molar-refractivity contribution in [2.24, 2.45) is 11.7 Å². The fourth-order valence-corrected chi connectivity index (χ4v) is 3.07. The third-order valence-corrected chi connectivity index (χ3v) is 4.74. The van der Waals surface area contributed by atoms with Crippen LogP contribution in [-0.2, 0) is 33.5 Å². The van der Waals surface area contributed by atoms with Gasteiger partial charge in [0.25, 0.3) is 11.8 Å². The molecule has 3 amide bonds. The Morgan fingerprint density at radius 1 is 1.14 bits per heavy atom. The highest BCUT2D eigenvalue weighted by atomic mass is 16.7. The second-order valence-electron chi connectivity index (χ2n) is 7.33. The molecule has 162 valence electrons. The molecule has 2 fully saturated rings. The summed E-state index contributed by atoms with van der Waals surface area (Å²) < 4.78 is 5.30. The second-order valence-corrected chi connectivity index (χ2v) is 7.33. The van der Waals surface area contributed by atoms with Gasteiger partial charge in [-0.05, 0) is 0 Å². The van der Waals surface area contributed by atoms with Crippen LogP contribution in [-0.4, -0.2) is 89.9 Å². The number of ether oxygens (including phenoxy) is 1. The average molecular weight is 412 g/mol. The van der Waals surface area contributed by atoms with Gasteiger partial charge in [-0.3, -0.25) is 24.1 Å². The first-order valence-electron chi connectivity index (χ1n) is 9.68. The summed E-state index contributed by atoms with van der Waals surface area (Å²) in [5.74, 6) is -2.67. The predicted octanol–water partition coefficient (Wildman–Crippen LogP) is -1.35. The molecule has 2 aliphatic rings. The van der Waals surface area contributed by atoms with E-state index in [9.17, 15) is 24.0 Å². The van der Waals surface area contributed by atoms with Gasteiger partial charge < -0.3 is 20.2 Å². The molecule has 0 aliphatic carbocycles. The average Bonchev–Trinajstić information content (AvgIpc) is 2.98. The Kier molecular flexibility index (Phi) is 8.09. The number of carbonyl (C=O) groups excluding carboxylic acids is 5. The Bertz CT molecular complexity index is 651. The van der Waals surface area contributed by atoms with Crippen LogP contribution in [0.4, 0.5) is 0 Å². The van der Waals surface area contributed by atoms with Gasteiger partial charge in [0.05, 0.1) is 18.5 Å². The molecule has 0 radical (unpaired) electrons. The van der Waals surface area contributed by atoms with Crippen molar-refractivity contribution in [1.82, 2.24) is 14.9 Å². The minimum Gasteiger partial charge on any atom is -0.464 e. The molecule has 2 saturated heterocycles. The molecule has 1 unspecified atom stereocenters. The topological polar surface area (TPSA) is 140 Å². The first-order chi connectivity index (χ1) is 13.7. The minimum atomic E-state index is -0.768. The zero-order chi connectivity index (χ0) is 21.6. The third-order valence-electron chi connectivity index (χ3n) is 4.74. The molecule has 2 rings (SSSR count). The van der Waals surface area contributed by atoms with E-state index in [0.29, 0.717) is 18.2 Å². The Labute approximate surface area is 169 Å². The molecule has 1 atom stereocenters. The lowest BCUT2D eigenvalue weighted by Gasteiger charge is -2.40. The molecule has 0 aromatic carbocycles. The molecule has 0 spiro atoms. The highest BCUT2D eigenvalue weighted by Crippen LogP contribution is 2.15. The smallest absolute Gasteiger partial charge is 0.347 e. The molecule has 0 bridgehead atoms. The van der Waals surface area contributed by atoms with Crippen molar-refractivity contribution >= 4 is 29.7 Å². The number of amides is 3. The minimum absolute atomic E-state index is 0.00171. The number of piperazine rings is 1. The first-order valence-corrected chi connectivity index (χ1v) is 9.68. The number of hydrogen-bond donors (Lipinski definition) is 1. The van der Waals surface area contributed by atoms with Crippen molar-refractivity contribution in [3.05, 3.63) is 0 Å². The van der Waals surface area contributed by atoms with Gasteiger partial charge in [0.15, 0.2) is 0 Å². The number of hydrogen-bond acceptors (Lipinski definition) is 9. The Hall–Kier alpha value is -2.53. The predicted molar refractivity (Wildman–Crippen MR) is 98.6 cm³/mol. The van der Waals surface area contributed by atoms with E-state index >= 15 is 0 Å². The summed E-state index contributed by atoms with van der Waals surface area (Å²) in [6.07, 6.45) is 0.239. The Morgan fingerprint density at radius 3 is 2.38 bits per heavy atom. The van der Waals surface area contributed by atoms with Crippen LogP contribution in [0.1, 0.15) is 33.1 Å². The molecule has 11 nitrogen and oxygen atoms in total. The lowest BCUT2D eigenvalue weighted by atomic mass is 10.1. The van der Waals surface area contributed by atoms with Crippen molar-refractivity contribution in [3.63, 3.8) is 0 Å². The number of rotatable bonds is 8. The van der Waals surface area contributed by atoms with Crippen molar-refractivity contribution in [2.75, 3.05) is 39.3 Å². The van der Waals surface area contributed by atoms with Gasteiger partial charge >= 0.3 is 11.9 Å². The van der Waals surface area contributed by atoms with Crippen LogP contribution >= 0.6 is 0 Å². The molecular weight excluding hydrogens is 384 g/mol. The molecule has 0 saturated carbocycles. The van der Waals surface area contributed by atoms with Gasteiger partial charge in [0.2, 0.25) is 5.91 Å². The van der Waals surface area contributed by atoms with E-state index in [1.54, 1.807) is 23.6 Å². The molecule has 2 N–H and O–H groups in total. The molecular formula is C18H28N4O7. The van der Waals surface area contributed by atoms with Gasteiger partial charge in [-0.1, -0.05) is 13.8 Å². The van der Waals surface area contributed by atoms with E-state index in [0.717, 1.165) is 0 Å². The molecule has 11 heteroatoms. The summed E-state index contributed by atoms with van der Waals surface area (Å²) in [6, 6.07) is -0.425. The zero-order valence-electron chi connectivity index (χ0n) is 16.8. The molecule has 29 heavy (non-hydrogen) atoms. The van der Waals surface area contributed by atoms with Crippen LogP contribution < -0.4 is 5.73 Å². The van der Waals surface area contributed by atoms with Gasteiger partial charge in [-0.25, -0.2) is 4.79 Å². The standard InChI is InChI=1S/C18H28N4O7/c1-12(2)18(27)28-11-13-9-21(14(23)5-6-19)8-7-20(13)10-17(26)29-22-15(24)3-4-16(22)25/h12-13H,3-11,19H2,1-2H3. The highest BCUT2D eigenvalue weighted by molar-refractivity contribution is 6.01. The Morgan fingerprint density at radius 2 is 1.79 bits per heavy atom. The largest absolute Gasteiger partial charge is 0.464 e. The van der Waals surface area contributed by atoms with Crippen molar-refractivity contribution in [3.8, 4) is 0 Å². The summed E-state index contributed by atoms with van der Waals surface area (Å²) >= 11 is 0. The van der Waals surface area contributed by atoms with E-state index in [1.165, 1.54) is 0 Å². The van der Waals surface area contributed by atoms with Crippen LogP contribution in [0, 0.1) is 5.92 Å². The summed E-state index contributed by atoms with van der Waals surface area (Å²) in [4.78, 5) is 67.7. The normalized spacial score (nSPS) is 20.3. The van der Waals surface area contributed by atoms with Gasteiger partial charge in [-0.2, -0.15) is 0 Å². The van der Waals surface area contributed by atoms with E-state index < -0.39 is 23.8 Å². The van der Waals surface area contributed by atoms with E-state index in [2.05, 4.69) is 0 Å². The summed E-state index contributed by atoms with van der Waals surface area (Å²) in [5.41, 5.74) is 5.45. The molecule has 0 aromatic heterocycles. The van der Waals surface area contributed by atoms with Crippen LogP contribution in [0.15, 0.2) is 0 Å². The van der Waals surface area contributed by atoms with Crippen LogP contribution in [0.25, 0.3) is 0 Å². The van der Waals surface area contributed by atoms with Crippen LogP contribution in [0.3, 0.4) is 0 Å². The maximum atomic E-state index is 12.3. The number of nitrogens with zero attached hydrogens (tertiary/aromatic N) is 3. The number of hydroxylamine groups is 2.